The van der Waals surface area contributed by atoms with Gasteiger partial charge in [-0.1, -0.05) is 0 Å². The van der Waals surface area contributed by atoms with Gasteiger partial charge in [0.15, 0.2) is 11.6 Å². The van der Waals surface area contributed by atoms with Gasteiger partial charge in [-0.05, 0) is 44.0 Å². The number of nitriles is 1. The van der Waals surface area contributed by atoms with E-state index < -0.39 is 11.2 Å². The Morgan fingerprint density at radius 1 is 1.40 bits per heavy atom. The molecule has 0 aliphatic heterocycles. The molecular weight excluding hydrogens is 193 g/mol. The lowest BCUT2D eigenvalue weighted by Gasteiger charge is -2.19. The molecular formula is C12H14FNO. The first-order chi connectivity index (χ1) is 6.92. The predicted molar refractivity (Wildman–Crippen MR) is 56.3 cm³/mol. The van der Waals surface area contributed by atoms with Crippen LogP contribution in [0.3, 0.4) is 0 Å². The average Bonchev–Trinajstić information content (AvgIpc) is 2.20. The number of rotatable bonds is 2. The lowest BCUT2D eigenvalue weighted by molar-refractivity contribution is 0.385. The minimum absolute atomic E-state index is 0.213. The molecule has 0 fully saturated rings. The maximum atomic E-state index is 13.5. The van der Waals surface area contributed by atoms with E-state index in [2.05, 4.69) is 6.07 Å². The van der Waals surface area contributed by atoms with Gasteiger partial charge < -0.3 is 4.74 Å². The third-order valence-corrected chi connectivity index (χ3v) is 2.45. The third kappa shape index (κ3) is 2.10. The van der Waals surface area contributed by atoms with Gasteiger partial charge in [-0.3, -0.25) is 0 Å². The van der Waals surface area contributed by atoms with E-state index in [1.54, 1.807) is 19.9 Å². The van der Waals surface area contributed by atoms with Gasteiger partial charge in [-0.15, -0.1) is 0 Å². The third-order valence-electron chi connectivity index (χ3n) is 2.45. The highest BCUT2D eigenvalue weighted by atomic mass is 19.1. The predicted octanol–water partition coefficient (Wildman–Crippen LogP) is 2.94. The zero-order valence-corrected chi connectivity index (χ0v) is 9.39. The summed E-state index contributed by atoms with van der Waals surface area (Å²) in [6.07, 6.45) is 0. The highest BCUT2D eigenvalue weighted by Crippen LogP contribution is 2.30. The summed E-state index contributed by atoms with van der Waals surface area (Å²) in [7, 11) is 1.42. The minimum Gasteiger partial charge on any atom is -0.494 e. The van der Waals surface area contributed by atoms with Crippen molar-refractivity contribution in [2.24, 2.45) is 0 Å². The second kappa shape index (κ2) is 3.90. The fourth-order valence-electron chi connectivity index (χ4n) is 1.55. The van der Waals surface area contributed by atoms with Crippen LogP contribution in [0.2, 0.25) is 0 Å². The summed E-state index contributed by atoms with van der Waals surface area (Å²) in [4.78, 5) is 0. The molecule has 80 valence electrons. The van der Waals surface area contributed by atoms with Crippen LogP contribution >= 0.6 is 0 Å². The van der Waals surface area contributed by atoms with Crippen LogP contribution in [0.5, 0.6) is 5.75 Å². The molecule has 15 heavy (non-hydrogen) atoms. The minimum atomic E-state index is -0.683. The molecule has 0 saturated heterocycles. The molecule has 0 saturated carbocycles. The Hall–Kier alpha value is -1.56. The Kier molecular flexibility index (Phi) is 2.99. The van der Waals surface area contributed by atoms with Crippen molar-refractivity contribution in [1.29, 1.82) is 5.26 Å². The second-order valence-corrected chi connectivity index (χ2v) is 4.04. The van der Waals surface area contributed by atoms with E-state index >= 15 is 0 Å². The smallest absolute Gasteiger partial charge is 0.165 e. The van der Waals surface area contributed by atoms with Crippen LogP contribution in [0.4, 0.5) is 4.39 Å². The molecule has 0 radical (unpaired) electrons. The van der Waals surface area contributed by atoms with E-state index in [9.17, 15) is 4.39 Å². The molecule has 0 spiro atoms. The fraction of sp³-hybridized carbons (Fsp3) is 0.417. The number of nitrogens with zero attached hydrogens (tertiary/aromatic N) is 1. The highest BCUT2D eigenvalue weighted by molar-refractivity contribution is 5.42. The standard InChI is InChI=1S/C12H14FNO/c1-8-5-11(15-4)10(13)6-9(8)12(2,3)7-14/h5-6H,1-4H3. The number of ether oxygens (including phenoxy) is 1. The number of halogens is 1. The Morgan fingerprint density at radius 2 is 2.00 bits per heavy atom. The first kappa shape index (κ1) is 11.5. The van der Waals surface area contributed by atoms with Crippen molar-refractivity contribution in [3.05, 3.63) is 29.1 Å². The lowest BCUT2D eigenvalue weighted by atomic mass is 9.83. The number of benzene rings is 1. The number of methoxy groups -OCH3 is 1. The Morgan fingerprint density at radius 3 is 2.47 bits per heavy atom. The summed E-state index contributed by atoms with van der Waals surface area (Å²) in [6, 6.07) is 5.14. The van der Waals surface area contributed by atoms with Gasteiger partial charge in [-0.25, -0.2) is 4.39 Å². The summed E-state index contributed by atoms with van der Waals surface area (Å²) in [5.41, 5.74) is 0.875. The van der Waals surface area contributed by atoms with Crippen molar-refractivity contribution in [3.8, 4) is 11.8 Å². The van der Waals surface area contributed by atoms with Crippen LogP contribution in [-0.2, 0) is 5.41 Å². The van der Waals surface area contributed by atoms with Crippen LogP contribution in [-0.4, -0.2) is 7.11 Å². The SMILES string of the molecule is COc1cc(C)c(C(C)(C)C#N)cc1F. The van der Waals surface area contributed by atoms with Gasteiger partial charge in [0.2, 0.25) is 0 Å². The van der Waals surface area contributed by atoms with Crippen molar-refractivity contribution in [2.45, 2.75) is 26.2 Å². The molecule has 0 aromatic heterocycles. The molecule has 0 atom stereocenters. The Balaban J connectivity index is 3.36. The van der Waals surface area contributed by atoms with Crippen LogP contribution in [0, 0.1) is 24.1 Å². The zero-order chi connectivity index (χ0) is 11.6. The van der Waals surface area contributed by atoms with E-state index in [1.165, 1.54) is 13.2 Å². The van der Waals surface area contributed by atoms with Crippen LogP contribution in [0.1, 0.15) is 25.0 Å². The van der Waals surface area contributed by atoms with Gasteiger partial charge in [0.1, 0.15) is 0 Å². The lowest BCUT2D eigenvalue weighted by Crippen LogP contribution is -2.16. The molecule has 3 heteroatoms. The first-order valence-electron chi connectivity index (χ1n) is 4.68. The van der Waals surface area contributed by atoms with Crippen molar-refractivity contribution in [2.75, 3.05) is 7.11 Å². The summed E-state index contributed by atoms with van der Waals surface area (Å²) in [5.74, 6) is -0.216. The van der Waals surface area contributed by atoms with Gasteiger partial charge in [0.25, 0.3) is 0 Å². The van der Waals surface area contributed by atoms with Crippen molar-refractivity contribution in [1.82, 2.24) is 0 Å². The molecule has 0 N–H and O–H groups in total. The van der Waals surface area contributed by atoms with Gasteiger partial charge in [0, 0.05) is 0 Å². The van der Waals surface area contributed by atoms with Crippen LogP contribution < -0.4 is 4.74 Å². The second-order valence-electron chi connectivity index (χ2n) is 4.04. The normalized spacial score (nSPS) is 10.9. The molecule has 0 amide bonds. The highest BCUT2D eigenvalue weighted by Gasteiger charge is 2.23. The quantitative estimate of drug-likeness (QED) is 0.747. The number of aryl methyl sites for hydroxylation is 1. The first-order valence-corrected chi connectivity index (χ1v) is 4.68. The molecule has 1 aromatic carbocycles. The maximum Gasteiger partial charge on any atom is 0.165 e. The summed E-state index contributed by atoms with van der Waals surface area (Å²) < 4.78 is 18.3. The number of hydrogen-bond donors (Lipinski definition) is 0. The Bertz CT molecular complexity index is 418. The van der Waals surface area contributed by atoms with E-state index in [4.69, 9.17) is 10.00 Å². The van der Waals surface area contributed by atoms with Crippen molar-refractivity contribution in [3.63, 3.8) is 0 Å². The fourth-order valence-corrected chi connectivity index (χ4v) is 1.55. The largest absolute Gasteiger partial charge is 0.494 e. The van der Waals surface area contributed by atoms with E-state index in [0.29, 0.717) is 5.56 Å². The van der Waals surface area contributed by atoms with E-state index in [0.717, 1.165) is 5.56 Å². The van der Waals surface area contributed by atoms with Gasteiger partial charge >= 0.3 is 0 Å². The molecule has 0 heterocycles. The topological polar surface area (TPSA) is 33.0 Å². The van der Waals surface area contributed by atoms with E-state index in [-0.39, 0.29) is 5.75 Å². The van der Waals surface area contributed by atoms with Crippen molar-refractivity contribution >= 4 is 0 Å². The summed E-state index contributed by atoms with van der Waals surface area (Å²) >= 11 is 0. The molecule has 1 aromatic rings. The molecule has 0 aliphatic rings. The average molecular weight is 207 g/mol. The van der Waals surface area contributed by atoms with Crippen molar-refractivity contribution < 1.29 is 9.13 Å². The molecule has 2 nitrogen and oxygen atoms in total. The summed E-state index contributed by atoms with van der Waals surface area (Å²) in [5, 5.41) is 8.99. The van der Waals surface area contributed by atoms with Gasteiger partial charge in [-0.2, -0.15) is 5.26 Å². The molecule has 0 bridgehead atoms. The van der Waals surface area contributed by atoms with Crippen LogP contribution in [0.15, 0.2) is 12.1 Å². The van der Waals surface area contributed by atoms with Crippen LogP contribution in [0.25, 0.3) is 0 Å². The van der Waals surface area contributed by atoms with E-state index in [1.807, 2.05) is 6.92 Å². The molecule has 0 aliphatic carbocycles. The Labute approximate surface area is 89.3 Å². The monoisotopic (exact) mass is 207 g/mol. The number of hydrogen-bond acceptors (Lipinski definition) is 2. The zero-order valence-electron chi connectivity index (χ0n) is 9.39. The molecule has 0 unspecified atom stereocenters. The summed E-state index contributed by atoms with van der Waals surface area (Å²) in [6.45, 7) is 5.37. The maximum absolute atomic E-state index is 13.5. The molecule has 1 rings (SSSR count). The van der Waals surface area contributed by atoms with Gasteiger partial charge in [0.05, 0.1) is 18.6 Å².